The predicted molar refractivity (Wildman–Crippen MR) is 90.7 cm³/mol. The zero-order valence-corrected chi connectivity index (χ0v) is 14.1. The Labute approximate surface area is 137 Å². The molecule has 0 bridgehead atoms. The molecule has 2 heterocycles. The van der Waals surface area contributed by atoms with Gasteiger partial charge in [-0.05, 0) is 62.8 Å². The summed E-state index contributed by atoms with van der Waals surface area (Å²) >= 11 is 0. The third kappa shape index (κ3) is 3.16. The zero-order valence-electron chi connectivity index (χ0n) is 14.1. The van der Waals surface area contributed by atoms with Gasteiger partial charge in [-0.1, -0.05) is 18.9 Å². The number of ether oxygens (including phenoxy) is 1. The maximum absolute atomic E-state index is 12.1. The highest BCUT2D eigenvalue weighted by atomic mass is 16.5. The molecule has 0 spiro atoms. The van der Waals surface area contributed by atoms with Crippen molar-refractivity contribution in [1.82, 2.24) is 9.97 Å². The molecule has 23 heavy (non-hydrogen) atoms. The smallest absolute Gasteiger partial charge is 0.354 e. The lowest BCUT2D eigenvalue weighted by molar-refractivity contribution is 0.0520. The number of aromatic amines is 1. The van der Waals surface area contributed by atoms with Gasteiger partial charge in [0.2, 0.25) is 0 Å². The van der Waals surface area contributed by atoms with Crippen molar-refractivity contribution in [2.45, 2.75) is 52.4 Å². The predicted octanol–water partition coefficient (Wildman–Crippen LogP) is 4.53. The fourth-order valence-electron chi connectivity index (χ4n) is 3.33. The molecule has 0 amide bonds. The summed E-state index contributed by atoms with van der Waals surface area (Å²) < 4.78 is 5.15. The number of carbonyl (C=O) groups is 1. The summed E-state index contributed by atoms with van der Waals surface area (Å²) in [6.45, 7) is 6.28. The van der Waals surface area contributed by atoms with E-state index in [4.69, 9.17) is 9.72 Å². The molecular weight excluding hydrogens is 288 g/mol. The van der Waals surface area contributed by atoms with E-state index in [1.165, 1.54) is 36.8 Å². The number of hydrogen-bond donors (Lipinski definition) is 1. The van der Waals surface area contributed by atoms with Gasteiger partial charge in [-0.25, -0.2) is 4.79 Å². The van der Waals surface area contributed by atoms with Crippen LogP contribution in [0.1, 0.15) is 65.8 Å². The minimum atomic E-state index is -0.290. The molecule has 0 unspecified atom stereocenters. The molecule has 0 saturated heterocycles. The van der Waals surface area contributed by atoms with Crippen LogP contribution in [0.5, 0.6) is 0 Å². The first-order valence-electron chi connectivity index (χ1n) is 8.44. The summed E-state index contributed by atoms with van der Waals surface area (Å²) in [6.07, 6.45) is 4.87. The monoisotopic (exact) mass is 312 g/mol. The molecule has 0 aliphatic heterocycles. The molecule has 2 aromatic rings. The summed E-state index contributed by atoms with van der Waals surface area (Å²) in [5.41, 5.74) is 5.82. The maximum atomic E-state index is 12.1. The minimum absolute atomic E-state index is 0.290. The van der Waals surface area contributed by atoms with Gasteiger partial charge in [-0.15, -0.1) is 0 Å². The number of hydrogen-bond acceptors (Lipinski definition) is 3. The van der Waals surface area contributed by atoms with Crippen molar-refractivity contribution >= 4 is 5.97 Å². The second kappa shape index (κ2) is 6.57. The Morgan fingerprint density at radius 1 is 1.30 bits per heavy atom. The highest BCUT2D eigenvalue weighted by molar-refractivity contribution is 5.89. The van der Waals surface area contributed by atoms with E-state index in [1.54, 1.807) is 0 Å². The van der Waals surface area contributed by atoms with E-state index < -0.39 is 0 Å². The van der Waals surface area contributed by atoms with E-state index in [1.807, 2.05) is 26.0 Å². The molecule has 1 fully saturated rings. The number of esters is 1. The van der Waals surface area contributed by atoms with E-state index in [0.29, 0.717) is 18.2 Å². The van der Waals surface area contributed by atoms with Gasteiger partial charge in [-0.3, -0.25) is 4.98 Å². The number of H-pyrrole nitrogens is 1. The molecule has 4 heteroatoms. The van der Waals surface area contributed by atoms with Crippen LogP contribution in [0.4, 0.5) is 0 Å². The zero-order chi connectivity index (χ0) is 16.4. The Bertz CT molecular complexity index is 712. The van der Waals surface area contributed by atoms with Crippen LogP contribution >= 0.6 is 0 Å². The first-order chi connectivity index (χ1) is 11.1. The highest BCUT2D eigenvalue weighted by Crippen LogP contribution is 2.39. The molecule has 4 nitrogen and oxygen atoms in total. The average Bonchev–Trinajstić information content (AvgIpc) is 3.18. The lowest BCUT2D eigenvalue weighted by Crippen LogP contribution is -2.04. The van der Waals surface area contributed by atoms with Crippen molar-refractivity contribution in [3.8, 4) is 11.4 Å². The van der Waals surface area contributed by atoms with E-state index in [9.17, 15) is 4.79 Å². The number of aromatic nitrogens is 2. The second-order valence-corrected chi connectivity index (χ2v) is 6.31. The molecule has 0 atom stereocenters. The first-order valence-corrected chi connectivity index (χ1v) is 8.44. The Hall–Kier alpha value is -2.10. The van der Waals surface area contributed by atoms with Crippen LogP contribution < -0.4 is 0 Å². The number of aryl methyl sites for hydroxylation is 2. The molecule has 1 saturated carbocycles. The van der Waals surface area contributed by atoms with Crippen LogP contribution in [0, 0.1) is 13.8 Å². The molecule has 1 aliphatic rings. The van der Waals surface area contributed by atoms with Crippen LogP contribution in [0.15, 0.2) is 18.2 Å². The number of nitrogens with one attached hydrogen (secondary N) is 1. The SMILES string of the molecule is CCOC(=O)c1cc(C2CCCC2)c(-c2ccc(C)c(C)n2)[nH]1. The second-order valence-electron chi connectivity index (χ2n) is 6.31. The van der Waals surface area contributed by atoms with Crippen LogP contribution in [0.2, 0.25) is 0 Å². The van der Waals surface area contributed by atoms with Gasteiger partial charge in [-0.2, -0.15) is 0 Å². The lowest BCUT2D eigenvalue weighted by Gasteiger charge is -2.11. The van der Waals surface area contributed by atoms with E-state index in [2.05, 4.69) is 18.0 Å². The maximum Gasteiger partial charge on any atom is 0.354 e. The fourth-order valence-corrected chi connectivity index (χ4v) is 3.33. The Morgan fingerprint density at radius 3 is 2.70 bits per heavy atom. The average molecular weight is 312 g/mol. The quantitative estimate of drug-likeness (QED) is 0.844. The van der Waals surface area contributed by atoms with Gasteiger partial charge in [0, 0.05) is 5.69 Å². The molecule has 2 aromatic heterocycles. The Balaban J connectivity index is 2.05. The number of rotatable bonds is 4. The Kier molecular flexibility index (Phi) is 4.51. The molecule has 0 aromatic carbocycles. The minimum Gasteiger partial charge on any atom is -0.461 e. The third-order valence-corrected chi connectivity index (χ3v) is 4.74. The van der Waals surface area contributed by atoms with Gasteiger partial charge in [0.25, 0.3) is 0 Å². The summed E-state index contributed by atoms with van der Waals surface area (Å²) in [5.74, 6) is 0.217. The van der Waals surface area contributed by atoms with E-state index in [-0.39, 0.29) is 5.97 Å². The number of carbonyl (C=O) groups excluding carboxylic acids is 1. The van der Waals surface area contributed by atoms with E-state index in [0.717, 1.165) is 17.1 Å². The van der Waals surface area contributed by atoms with Gasteiger partial charge < -0.3 is 9.72 Å². The topological polar surface area (TPSA) is 55.0 Å². The summed E-state index contributed by atoms with van der Waals surface area (Å²) in [5, 5.41) is 0. The largest absolute Gasteiger partial charge is 0.461 e. The van der Waals surface area contributed by atoms with Crippen molar-refractivity contribution in [3.05, 3.63) is 40.7 Å². The van der Waals surface area contributed by atoms with Gasteiger partial charge in [0.15, 0.2) is 0 Å². The Morgan fingerprint density at radius 2 is 2.04 bits per heavy atom. The molecule has 1 N–H and O–H groups in total. The van der Waals surface area contributed by atoms with Crippen LogP contribution in [0.25, 0.3) is 11.4 Å². The summed E-state index contributed by atoms with van der Waals surface area (Å²) in [4.78, 5) is 20.1. The molecule has 3 rings (SSSR count). The van der Waals surface area contributed by atoms with Gasteiger partial charge >= 0.3 is 5.97 Å². The molecule has 122 valence electrons. The van der Waals surface area contributed by atoms with Crippen LogP contribution in [-0.2, 0) is 4.74 Å². The third-order valence-electron chi connectivity index (χ3n) is 4.74. The number of pyridine rings is 1. The lowest BCUT2D eigenvalue weighted by atomic mass is 9.96. The first kappa shape index (κ1) is 15.8. The molecular formula is C19H24N2O2. The van der Waals surface area contributed by atoms with Crippen molar-refractivity contribution in [2.24, 2.45) is 0 Å². The van der Waals surface area contributed by atoms with Crippen molar-refractivity contribution < 1.29 is 9.53 Å². The fraction of sp³-hybridized carbons (Fsp3) is 0.474. The summed E-state index contributed by atoms with van der Waals surface area (Å²) in [6, 6.07) is 6.09. The standard InChI is InChI=1S/C19H24N2O2/c1-4-23-19(22)17-11-15(14-7-5-6-8-14)18(21-17)16-10-9-12(2)13(3)20-16/h9-11,14,21H,4-8H2,1-3H3. The normalized spacial score (nSPS) is 15.1. The summed E-state index contributed by atoms with van der Waals surface area (Å²) in [7, 11) is 0. The van der Waals surface area contributed by atoms with E-state index >= 15 is 0 Å². The van der Waals surface area contributed by atoms with Gasteiger partial charge in [0.05, 0.1) is 18.0 Å². The highest BCUT2D eigenvalue weighted by Gasteiger charge is 2.25. The van der Waals surface area contributed by atoms with Crippen molar-refractivity contribution in [3.63, 3.8) is 0 Å². The van der Waals surface area contributed by atoms with Crippen molar-refractivity contribution in [1.29, 1.82) is 0 Å². The van der Waals surface area contributed by atoms with Gasteiger partial charge in [0.1, 0.15) is 5.69 Å². The van der Waals surface area contributed by atoms with Crippen LogP contribution in [0.3, 0.4) is 0 Å². The molecule has 0 radical (unpaired) electrons. The van der Waals surface area contributed by atoms with Crippen molar-refractivity contribution in [2.75, 3.05) is 6.61 Å². The molecule has 1 aliphatic carbocycles. The number of nitrogens with zero attached hydrogens (tertiary/aromatic N) is 1. The van der Waals surface area contributed by atoms with Crippen LogP contribution in [-0.4, -0.2) is 22.5 Å².